The quantitative estimate of drug-likeness (QED) is 0.829. The number of hydrogen-bond donors (Lipinski definition) is 0. The molecule has 5 heteroatoms. The van der Waals surface area contributed by atoms with Crippen molar-refractivity contribution in [3.63, 3.8) is 0 Å². The summed E-state index contributed by atoms with van der Waals surface area (Å²) in [5.74, 6) is -0.109. The molecule has 1 aromatic rings. The van der Waals surface area contributed by atoms with Gasteiger partial charge in [0.05, 0.1) is 12.4 Å². The smallest absolute Gasteiger partial charge is 0.215 e. The average Bonchev–Trinajstić information content (AvgIpc) is 2.66. The number of halogens is 1. The molecule has 0 saturated carbocycles. The highest BCUT2D eigenvalue weighted by Gasteiger charge is 2.34. The molecule has 1 unspecified atom stereocenters. The molecule has 0 aromatic heterocycles. The van der Waals surface area contributed by atoms with Gasteiger partial charge in [0.2, 0.25) is 10.0 Å². The van der Waals surface area contributed by atoms with Gasteiger partial charge in [0.1, 0.15) is 0 Å². The zero-order chi connectivity index (χ0) is 12.5. The summed E-state index contributed by atoms with van der Waals surface area (Å²) in [6.07, 6.45) is 0.0713. The van der Waals surface area contributed by atoms with Crippen LogP contribution in [0.1, 0.15) is 30.5 Å². The van der Waals surface area contributed by atoms with Gasteiger partial charge in [-0.05, 0) is 24.5 Å². The molecule has 1 aromatic carbocycles. The highest BCUT2D eigenvalue weighted by molar-refractivity contribution is 7.89. The number of sulfonamides is 1. The van der Waals surface area contributed by atoms with E-state index < -0.39 is 16.7 Å². The third kappa shape index (κ3) is 2.35. The van der Waals surface area contributed by atoms with Crippen LogP contribution in [0.3, 0.4) is 0 Å². The van der Waals surface area contributed by atoms with E-state index in [1.807, 2.05) is 31.2 Å². The molecule has 0 fully saturated rings. The molecule has 17 heavy (non-hydrogen) atoms. The Kier molecular flexibility index (Phi) is 3.49. The average molecular weight is 257 g/mol. The summed E-state index contributed by atoms with van der Waals surface area (Å²) in [5.41, 5.74) is 2.10. The lowest BCUT2D eigenvalue weighted by molar-refractivity contribution is 0.367. The zero-order valence-corrected chi connectivity index (χ0v) is 10.6. The molecule has 94 valence electrons. The van der Waals surface area contributed by atoms with Crippen LogP contribution >= 0.6 is 0 Å². The third-order valence-corrected chi connectivity index (χ3v) is 5.12. The van der Waals surface area contributed by atoms with Crippen molar-refractivity contribution in [2.24, 2.45) is 0 Å². The molecule has 3 nitrogen and oxygen atoms in total. The van der Waals surface area contributed by atoms with Crippen LogP contribution in [0.25, 0.3) is 0 Å². The summed E-state index contributed by atoms with van der Waals surface area (Å²) in [6, 6.07) is 7.56. The maximum Gasteiger partial charge on any atom is 0.215 e. The second-order valence-corrected chi connectivity index (χ2v) is 6.32. The van der Waals surface area contributed by atoms with Crippen molar-refractivity contribution in [1.29, 1.82) is 0 Å². The van der Waals surface area contributed by atoms with Crippen LogP contribution < -0.4 is 0 Å². The van der Waals surface area contributed by atoms with E-state index in [1.165, 1.54) is 4.31 Å². The van der Waals surface area contributed by atoms with E-state index in [-0.39, 0.29) is 18.2 Å². The van der Waals surface area contributed by atoms with E-state index in [0.717, 1.165) is 11.1 Å². The first kappa shape index (κ1) is 12.5. The molecule has 0 amide bonds. The number of fused-ring (bicyclic) bond motifs is 1. The molecule has 1 atom stereocenters. The minimum Gasteiger partial charge on any atom is -0.251 e. The van der Waals surface area contributed by atoms with Gasteiger partial charge in [-0.2, -0.15) is 4.31 Å². The van der Waals surface area contributed by atoms with E-state index in [2.05, 4.69) is 0 Å². The van der Waals surface area contributed by atoms with Crippen LogP contribution in [-0.2, 0) is 16.6 Å². The summed E-state index contributed by atoms with van der Waals surface area (Å²) >= 11 is 0. The van der Waals surface area contributed by atoms with Crippen molar-refractivity contribution in [2.75, 3.05) is 12.4 Å². The lowest BCUT2D eigenvalue weighted by Crippen LogP contribution is -2.30. The fraction of sp³-hybridized carbons (Fsp3) is 0.500. The molecule has 0 spiro atoms. The Morgan fingerprint density at radius 2 is 2.12 bits per heavy atom. The Balaban J connectivity index is 2.22. The SMILES string of the molecule is CC1c2ccccc2CN1S(=O)(=O)CCCF. The monoisotopic (exact) mass is 257 g/mol. The zero-order valence-electron chi connectivity index (χ0n) is 9.77. The standard InChI is InChI=1S/C12H16FNO2S/c1-10-12-6-3-2-5-11(12)9-14(10)17(15,16)8-4-7-13/h2-3,5-6,10H,4,7-9H2,1H3. The van der Waals surface area contributed by atoms with E-state index in [4.69, 9.17) is 0 Å². The van der Waals surface area contributed by atoms with Crippen molar-refractivity contribution in [2.45, 2.75) is 25.9 Å². The Hall–Kier alpha value is -0.940. The molecular weight excluding hydrogens is 241 g/mol. The van der Waals surface area contributed by atoms with Gasteiger partial charge < -0.3 is 0 Å². The second-order valence-electron chi connectivity index (χ2n) is 4.28. The van der Waals surface area contributed by atoms with E-state index >= 15 is 0 Å². The molecular formula is C12H16FNO2S. The number of alkyl halides is 1. The first-order valence-corrected chi connectivity index (χ1v) is 7.30. The van der Waals surface area contributed by atoms with Gasteiger partial charge in [-0.15, -0.1) is 0 Å². The third-order valence-electron chi connectivity index (χ3n) is 3.16. The molecule has 0 N–H and O–H groups in total. The van der Waals surface area contributed by atoms with Crippen molar-refractivity contribution < 1.29 is 12.8 Å². The summed E-state index contributed by atoms with van der Waals surface area (Å²) < 4.78 is 37.6. The largest absolute Gasteiger partial charge is 0.251 e. The first-order chi connectivity index (χ1) is 8.06. The van der Waals surface area contributed by atoms with Crippen molar-refractivity contribution in [1.82, 2.24) is 4.31 Å². The number of hydrogen-bond acceptors (Lipinski definition) is 2. The molecule has 0 bridgehead atoms. The minimum absolute atomic E-state index is 0.0713. The number of benzene rings is 1. The van der Waals surface area contributed by atoms with Gasteiger partial charge in [0, 0.05) is 12.6 Å². The van der Waals surface area contributed by atoms with Gasteiger partial charge in [-0.25, -0.2) is 8.42 Å². The highest BCUT2D eigenvalue weighted by Crippen LogP contribution is 2.35. The summed E-state index contributed by atoms with van der Waals surface area (Å²) in [4.78, 5) is 0. The highest BCUT2D eigenvalue weighted by atomic mass is 32.2. The second kappa shape index (κ2) is 4.74. The topological polar surface area (TPSA) is 37.4 Å². The summed E-state index contributed by atoms with van der Waals surface area (Å²) in [7, 11) is -3.35. The lowest BCUT2D eigenvalue weighted by atomic mass is 10.1. The number of rotatable bonds is 4. The van der Waals surface area contributed by atoms with E-state index in [0.29, 0.717) is 6.54 Å². The van der Waals surface area contributed by atoms with E-state index in [1.54, 1.807) is 0 Å². The minimum atomic E-state index is -3.35. The maximum atomic E-state index is 12.1. The fourth-order valence-electron chi connectivity index (χ4n) is 2.24. The molecule has 1 aliphatic heterocycles. The summed E-state index contributed by atoms with van der Waals surface area (Å²) in [5, 5.41) is 0. The predicted octanol–water partition coefficient (Wildman–Crippen LogP) is 2.25. The Morgan fingerprint density at radius 3 is 2.76 bits per heavy atom. The molecule has 0 saturated heterocycles. The van der Waals surface area contributed by atoms with Gasteiger partial charge in [-0.3, -0.25) is 4.39 Å². The Labute approximate surface area is 101 Å². The molecule has 2 rings (SSSR count). The van der Waals surface area contributed by atoms with Crippen LogP contribution in [0.4, 0.5) is 4.39 Å². The lowest BCUT2D eigenvalue weighted by Gasteiger charge is -2.21. The van der Waals surface area contributed by atoms with Gasteiger partial charge >= 0.3 is 0 Å². The normalized spacial score (nSPS) is 20.5. The van der Waals surface area contributed by atoms with Crippen LogP contribution in [0.5, 0.6) is 0 Å². The predicted molar refractivity (Wildman–Crippen MR) is 64.8 cm³/mol. The van der Waals surface area contributed by atoms with Crippen LogP contribution in [0, 0.1) is 0 Å². The fourth-order valence-corrected chi connectivity index (χ4v) is 3.88. The van der Waals surface area contributed by atoms with Gasteiger partial charge in [0.15, 0.2) is 0 Å². The summed E-state index contributed by atoms with van der Waals surface area (Å²) in [6.45, 7) is 1.69. The maximum absolute atomic E-state index is 12.1. The van der Waals surface area contributed by atoms with Gasteiger partial charge in [0.25, 0.3) is 0 Å². The molecule has 0 aliphatic carbocycles. The molecule has 0 radical (unpaired) electrons. The van der Waals surface area contributed by atoms with Crippen molar-refractivity contribution in [3.05, 3.63) is 35.4 Å². The van der Waals surface area contributed by atoms with E-state index in [9.17, 15) is 12.8 Å². The van der Waals surface area contributed by atoms with Crippen molar-refractivity contribution >= 4 is 10.0 Å². The molecule has 1 aliphatic rings. The Bertz CT molecular complexity index is 501. The van der Waals surface area contributed by atoms with Crippen LogP contribution in [-0.4, -0.2) is 25.2 Å². The van der Waals surface area contributed by atoms with Crippen molar-refractivity contribution in [3.8, 4) is 0 Å². The number of nitrogens with zero attached hydrogens (tertiary/aromatic N) is 1. The molecule has 1 heterocycles. The first-order valence-electron chi connectivity index (χ1n) is 5.69. The van der Waals surface area contributed by atoms with Crippen LogP contribution in [0.2, 0.25) is 0 Å². The van der Waals surface area contributed by atoms with Crippen LogP contribution in [0.15, 0.2) is 24.3 Å². The van der Waals surface area contributed by atoms with Gasteiger partial charge in [-0.1, -0.05) is 24.3 Å². The Morgan fingerprint density at radius 1 is 1.41 bits per heavy atom.